The molecule has 0 aromatic carbocycles. The summed E-state index contributed by atoms with van der Waals surface area (Å²) in [4.78, 5) is 14.1. The van der Waals surface area contributed by atoms with Crippen molar-refractivity contribution in [3.8, 4) is 0 Å². The van der Waals surface area contributed by atoms with Crippen LogP contribution in [-0.4, -0.2) is 28.0 Å². The zero-order valence-corrected chi connectivity index (χ0v) is 8.10. The Morgan fingerprint density at radius 3 is 2.73 bits per heavy atom. The van der Waals surface area contributed by atoms with Gasteiger partial charge in [0.05, 0.1) is 16.3 Å². The molecule has 0 spiro atoms. The average molecular weight is 237 g/mol. The maximum Gasteiger partial charge on any atom is 0.398 e. The number of aromatic carboxylic acids is 1. The van der Waals surface area contributed by atoms with Crippen LogP contribution in [0.4, 0.5) is 13.2 Å². The fourth-order valence-corrected chi connectivity index (χ4v) is 1.43. The molecular formula is C8H6F3NO2S. The number of pyridine rings is 1. The van der Waals surface area contributed by atoms with E-state index >= 15 is 0 Å². The highest BCUT2D eigenvalue weighted by molar-refractivity contribution is 7.99. The van der Waals surface area contributed by atoms with E-state index in [-0.39, 0.29) is 10.6 Å². The Morgan fingerprint density at radius 1 is 1.53 bits per heavy atom. The van der Waals surface area contributed by atoms with Crippen LogP contribution >= 0.6 is 11.8 Å². The molecule has 1 aromatic rings. The van der Waals surface area contributed by atoms with Gasteiger partial charge in [-0.25, -0.2) is 9.78 Å². The van der Waals surface area contributed by atoms with Gasteiger partial charge < -0.3 is 5.11 Å². The van der Waals surface area contributed by atoms with Gasteiger partial charge in [-0.15, -0.1) is 0 Å². The SMILES string of the molecule is O=C(O)c1ccnc(SCC(F)(F)F)c1. The molecule has 1 aromatic heterocycles. The van der Waals surface area contributed by atoms with Gasteiger partial charge in [-0.2, -0.15) is 13.2 Å². The molecule has 0 atom stereocenters. The zero-order chi connectivity index (χ0) is 11.5. The third-order valence-corrected chi connectivity index (χ3v) is 2.36. The second-order valence-corrected chi connectivity index (χ2v) is 3.59. The summed E-state index contributed by atoms with van der Waals surface area (Å²) in [5.41, 5.74) is -0.0744. The number of hydrogen-bond donors (Lipinski definition) is 1. The zero-order valence-electron chi connectivity index (χ0n) is 7.28. The predicted molar refractivity (Wildman–Crippen MR) is 48.0 cm³/mol. The van der Waals surface area contributed by atoms with Crippen LogP contribution in [0.2, 0.25) is 0 Å². The maximum absolute atomic E-state index is 11.8. The first-order chi connectivity index (χ1) is 6.88. The first-order valence-corrected chi connectivity index (χ1v) is 4.76. The van der Waals surface area contributed by atoms with Gasteiger partial charge in [0.2, 0.25) is 0 Å². The van der Waals surface area contributed by atoms with Crippen LogP contribution in [-0.2, 0) is 0 Å². The van der Waals surface area contributed by atoms with E-state index in [0.717, 1.165) is 6.07 Å². The van der Waals surface area contributed by atoms with Crippen LogP contribution in [0.5, 0.6) is 0 Å². The second-order valence-electron chi connectivity index (χ2n) is 2.59. The van der Waals surface area contributed by atoms with Crippen LogP contribution in [0.15, 0.2) is 23.4 Å². The van der Waals surface area contributed by atoms with Crippen LogP contribution in [0.3, 0.4) is 0 Å². The minimum absolute atomic E-state index is 0.0484. The van der Waals surface area contributed by atoms with Crippen molar-refractivity contribution in [2.45, 2.75) is 11.2 Å². The summed E-state index contributed by atoms with van der Waals surface area (Å²) < 4.78 is 35.5. The number of rotatable bonds is 3. The third-order valence-electron chi connectivity index (χ3n) is 1.37. The Bertz CT molecular complexity index is 367. The van der Waals surface area contributed by atoms with E-state index in [4.69, 9.17) is 5.11 Å². The monoisotopic (exact) mass is 237 g/mol. The van der Waals surface area contributed by atoms with E-state index in [1.54, 1.807) is 0 Å². The number of thioether (sulfide) groups is 1. The van der Waals surface area contributed by atoms with Gasteiger partial charge in [0.15, 0.2) is 0 Å². The van der Waals surface area contributed by atoms with Crippen molar-refractivity contribution < 1.29 is 23.1 Å². The number of halogens is 3. The standard InChI is InChI=1S/C8H6F3NO2S/c9-8(10,11)4-15-6-3-5(7(13)14)1-2-12-6/h1-3H,4H2,(H,13,14). The maximum atomic E-state index is 11.8. The fraction of sp³-hybridized carbons (Fsp3) is 0.250. The Balaban J connectivity index is 2.70. The largest absolute Gasteiger partial charge is 0.478 e. The molecule has 0 saturated carbocycles. The van der Waals surface area contributed by atoms with Crippen molar-refractivity contribution >= 4 is 17.7 Å². The van der Waals surface area contributed by atoms with E-state index in [0.29, 0.717) is 11.8 Å². The fourth-order valence-electron chi connectivity index (χ4n) is 0.777. The van der Waals surface area contributed by atoms with E-state index in [2.05, 4.69) is 4.98 Å². The molecule has 82 valence electrons. The normalized spacial score (nSPS) is 11.4. The molecule has 1 rings (SSSR count). The highest BCUT2D eigenvalue weighted by atomic mass is 32.2. The highest BCUT2D eigenvalue weighted by Crippen LogP contribution is 2.26. The van der Waals surface area contributed by atoms with Crippen LogP contribution in [0.25, 0.3) is 0 Å². The van der Waals surface area contributed by atoms with E-state index in [1.165, 1.54) is 12.3 Å². The van der Waals surface area contributed by atoms with Gasteiger partial charge in [-0.05, 0) is 12.1 Å². The lowest BCUT2D eigenvalue weighted by Crippen LogP contribution is -2.10. The van der Waals surface area contributed by atoms with Crippen molar-refractivity contribution in [2.24, 2.45) is 0 Å². The Kier molecular flexibility index (Phi) is 3.57. The van der Waals surface area contributed by atoms with Crippen molar-refractivity contribution in [1.29, 1.82) is 0 Å². The lowest BCUT2D eigenvalue weighted by atomic mass is 10.3. The number of aromatic nitrogens is 1. The van der Waals surface area contributed by atoms with Gasteiger partial charge in [0.1, 0.15) is 0 Å². The summed E-state index contributed by atoms with van der Waals surface area (Å²) in [5.74, 6) is -2.27. The van der Waals surface area contributed by atoms with Crippen molar-refractivity contribution in [3.05, 3.63) is 23.9 Å². The lowest BCUT2D eigenvalue weighted by Gasteiger charge is -2.05. The molecule has 15 heavy (non-hydrogen) atoms. The van der Waals surface area contributed by atoms with Gasteiger partial charge in [-0.3, -0.25) is 0 Å². The molecule has 0 aliphatic rings. The Morgan fingerprint density at radius 2 is 2.20 bits per heavy atom. The summed E-state index contributed by atoms with van der Waals surface area (Å²) in [6, 6.07) is 2.33. The number of alkyl halides is 3. The summed E-state index contributed by atoms with van der Waals surface area (Å²) >= 11 is 0.459. The van der Waals surface area contributed by atoms with Gasteiger partial charge >= 0.3 is 12.1 Å². The summed E-state index contributed by atoms with van der Waals surface area (Å²) in [7, 11) is 0. The van der Waals surface area contributed by atoms with Crippen LogP contribution in [0.1, 0.15) is 10.4 Å². The molecule has 0 aliphatic carbocycles. The number of hydrogen-bond acceptors (Lipinski definition) is 3. The predicted octanol–water partition coefficient (Wildman–Crippen LogP) is 2.43. The van der Waals surface area contributed by atoms with Crippen molar-refractivity contribution in [1.82, 2.24) is 4.98 Å². The quantitative estimate of drug-likeness (QED) is 0.820. The van der Waals surface area contributed by atoms with E-state index in [9.17, 15) is 18.0 Å². The molecule has 0 aliphatic heterocycles. The third kappa shape index (κ3) is 4.20. The molecule has 0 bridgehead atoms. The summed E-state index contributed by atoms with van der Waals surface area (Å²) in [6.07, 6.45) is -3.12. The minimum Gasteiger partial charge on any atom is -0.478 e. The molecule has 0 fully saturated rings. The molecule has 7 heteroatoms. The van der Waals surface area contributed by atoms with E-state index < -0.39 is 17.9 Å². The number of carbonyl (C=O) groups is 1. The molecule has 1 heterocycles. The smallest absolute Gasteiger partial charge is 0.398 e. The van der Waals surface area contributed by atoms with E-state index in [1.807, 2.05) is 0 Å². The molecule has 0 amide bonds. The number of carboxylic acid groups (broad SMARTS) is 1. The van der Waals surface area contributed by atoms with Gasteiger partial charge in [0, 0.05) is 6.20 Å². The number of carboxylic acids is 1. The highest BCUT2D eigenvalue weighted by Gasteiger charge is 2.27. The second kappa shape index (κ2) is 4.52. The summed E-state index contributed by atoms with van der Waals surface area (Å²) in [5, 5.41) is 8.63. The molecule has 3 nitrogen and oxygen atoms in total. The molecule has 0 saturated heterocycles. The van der Waals surface area contributed by atoms with Gasteiger partial charge in [-0.1, -0.05) is 11.8 Å². The first-order valence-electron chi connectivity index (χ1n) is 3.77. The van der Waals surface area contributed by atoms with Crippen molar-refractivity contribution in [3.63, 3.8) is 0 Å². The molecular weight excluding hydrogens is 231 g/mol. The summed E-state index contributed by atoms with van der Waals surface area (Å²) in [6.45, 7) is 0. The van der Waals surface area contributed by atoms with Gasteiger partial charge in [0.25, 0.3) is 0 Å². The Hall–Kier alpha value is -1.24. The minimum atomic E-state index is -4.29. The molecule has 1 N–H and O–H groups in total. The van der Waals surface area contributed by atoms with Crippen LogP contribution in [0, 0.1) is 0 Å². The first kappa shape index (κ1) is 11.8. The number of nitrogens with zero attached hydrogens (tertiary/aromatic N) is 1. The molecule has 0 radical (unpaired) electrons. The van der Waals surface area contributed by atoms with Crippen molar-refractivity contribution in [2.75, 3.05) is 5.75 Å². The van der Waals surface area contributed by atoms with Crippen LogP contribution < -0.4 is 0 Å². The lowest BCUT2D eigenvalue weighted by molar-refractivity contribution is -0.105. The average Bonchev–Trinajstić information content (AvgIpc) is 2.14. The topological polar surface area (TPSA) is 50.2 Å². The Labute approximate surface area is 87.3 Å². The molecule has 0 unspecified atom stereocenters.